The van der Waals surface area contributed by atoms with Gasteiger partial charge in [0, 0.05) is 23.4 Å². The Labute approximate surface area is 72.6 Å². The minimum atomic E-state index is 0.876. The van der Waals surface area contributed by atoms with Crippen LogP contribution < -0.4 is 0 Å². The van der Waals surface area contributed by atoms with Crippen LogP contribution in [0.2, 0.25) is 0 Å². The summed E-state index contributed by atoms with van der Waals surface area (Å²) in [4.78, 5) is 8.35. The van der Waals surface area contributed by atoms with Gasteiger partial charge in [0.1, 0.15) is 0 Å². The molecule has 2 rings (SSSR count). The van der Waals surface area contributed by atoms with E-state index in [-0.39, 0.29) is 0 Å². The SMILES string of the molecule is c1csc(Cc2cscn2)n1. The lowest BCUT2D eigenvalue weighted by molar-refractivity contribution is 1.08. The van der Waals surface area contributed by atoms with Crippen LogP contribution in [-0.2, 0) is 6.42 Å². The van der Waals surface area contributed by atoms with Gasteiger partial charge < -0.3 is 0 Å². The molecule has 0 radical (unpaired) electrons. The van der Waals surface area contributed by atoms with Crippen LogP contribution in [0.1, 0.15) is 10.7 Å². The van der Waals surface area contributed by atoms with Gasteiger partial charge in [-0.1, -0.05) is 0 Å². The van der Waals surface area contributed by atoms with E-state index >= 15 is 0 Å². The van der Waals surface area contributed by atoms with Crippen molar-refractivity contribution in [2.75, 3.05) is 0 Å². The summed E-state index contributed by atoms with van der Waals surface area (Å²) in [6.45, 7) is 0. The van der Waals surface area contributed by atoms with Crippen molar-refractivity contribution in [3.05, 3.63) is 33.2 Å². The van der Waals surface area contributed by atoms with Crippen molar-refractivity contribution in [2.24, 2.45) is 0 Å². The highest BCUT2D eigenvalue weighted by Gasteiger charge is 1.98. The van der Waals surface area contributed by atoms with E-state index in [2.05, 4.69) is 15.3 Å². The molecular formula is C7H6N2S2. The second kappa shape index (κ2) is 3.11. The molecule has 11 heavy (non-hydrogen) atoms. The highest BCUT2D eigenvalue weighted by molar-refractivity contribution is 7.09. The van der Waals surface area contributed by atoms with Gasteiger partial charge in [0.2, 0.25) is 0 Å². The molecule has 0 fully saturated rings. The maximum Gasteiger partial charge on any atom is 0.0984 e. The number of hydrogen-bond acceptors (Lipinski definition) is 4. The van der Waals surface area contributed by atoms with E-state index in [9.17, 15) is 0 Å². The van der Waals surface area contributed by atoms with Crippen molar-refractivity contribution in [2.45, 2.75) is 6.42 Å². The predicted octanol–water partition coefficient (Wildman–Crippen LogP) is 2.19. The fraction of sp³-hybridized carbons (Fsp3) is 0.143. The molecule has 56 valence electrons. The lowest BCUT2D eigenvalue weighted by Crippen LogP contribution is -1.84. The first-order valence-corrected chi connectivity index (χ1v) is 5.03. The van der Waals surface area contributed by atoms with Crippen LogP contribution in [0.25, 0.3) is 0 Å². The standard InChI is InChI=1S/C7H6N2S2/c1-2-11-7(8-1)3-6-4-10-5-9-6/h1-2,4-5H,3H2. The lowest BCUT2D eigenvalue weighted by Gasteiger charge is -1.87. The van der Waals surface area contributed by atoms with Gasteiger partial charge in [-0.3, -0.25) is 0 Å². The Bertz CT molecular complexity index is 267. The van der Waals surface area contributed by atoms with Crippen LogP contribution in [0, 0.1) is 0 Å². The van der Waals surface area contributed by atoms with Gasteiger partial charge in [-0.2, -0.15) is 0 Å². The summed E-state index contributed by atoms with van der Waals surface area (Å²) in [5, 5.41) is 5.18. The number of thiazole rings is 2. The number of aromatic nitrogens is 2. The van der Waals surface area contributed by atoms with Crippen LogP contribution >= 0.6 is 22.7 Å². The van der Waals surface area contributed by atoms with Gasteiger partial charge in [-0.25, -0.2) is 9.97 Å². The molecule has 0 aliphatic rings. The average molecular weight is 182 g/mol. The van der Waals surface area contributed by atoms with E-state index < -0.39 is 0 Å². The normalized spacial score (nSPS) is 10.2. The molecule has 2 nitrogen and oxygen atoms in total. The molecule has 0 N–H and O–H groups in total. The zero-order valence-corrected chi connectivity index (χ0v) is 7.36. The van der Waals surface area contributed by atoms with Crippen LogP contribution in [-0.4, -0.2) is 9.97 Å². The molecule has 0 bridgehead atoms. The van der Waals surface area contributed by atoms with E-state index in [1.165, 1.54) is 0 Å². The Morgan fingerprint density at radius 1 is 1.36 bits per heavy atom. The molecule has 0 unspecified atom stereocenters. The minimum absolute atomic E-state index is 0.876. The first-order valence-electron chi connectivity index (χ1n) is 3.20. The maximum absolute atomic E-state index is 4.18. The van der Waals surface area contributed by atoms with Crippen molar-refractivity contribution in [3.63, 3.8) is 0 Å². The van der Waals surface area contributed by atoms with E-state index in [1.807, 2.05) is 17.1 Å². The summed E-state index contributed by atoms with van der Waals surface area (Å²) in [5.41, 5.74) is 2.97. The largest absolute Gasteiger partial charge is 0.249 e. The minimum Gasteiger partial charge on any atom is -0.249 e. The van der Waals surface area contributed by atoms with Gasteiger partial charge in [-0.15, -0.1) is 22.7 Å². The monoisotopic (exact) mass is 182 g/mol. The third-order valence-corrected chi connectivity index (χ3v) is 2.71. The number of rotatable bonds is 2. The zero-order valence-electron chi connectivity index (χ0n) is 5.73. The molecule has 4 heteroatoms. The molecule has 0 aliphatic heterocycles. The molecule has 0 atom stereocenters. The molecule has 2 aromatic rings. The third kappa shape index (κ3) is 1.64. The van der Waals surface area contributed by atoms with Crippen LogP contribution in [0.5, 0.6) is 0 Å². The lowest BCUT2D eigenvalue weighted by atomic mass is 10.4. The molecule has 0 aromatic carbocycles. The first kappa shape index (κ1) is 6.94. The second-order valence-electron chi connectivity index (χ2n) is 2.08. The third-order valence-electron chi connectivity index (χ3n) is 1.30. The summed E-state index contributed by atoms with van der Waals surface area (Å²) in [5.74, 6) is 0. The summed E-state index contributed by atoms with van der Waals surface area (Å²) in [7, 11) is 0. The topological polar surface area (TPSA) is 25.8 Å². The molecule has 2 aromatic heterocycles. The van der Waals surface area contributed by atoms with E-state index in [0.29, 0.717) is 0 Å². The molecule has 0 saturated carbocycles. The van der Waals surface area contributed by atoms with E-state index in [1.54, 1.807) is 22.7 Å². The molecule has 0 spiro atoms. The predicted molar refractivity (Wildman–Crippen MR) is 47.0 cm³/mol. The Balaban J connectivity index is 2.14. The first-order chi connectivity index (χ1) is 5.45. The fourth-order valence-electron chi connectivity index (χ4n) is 0.820. The second-order valence-corrected chi connectivity index (χ2v) is 3.78. The Morgan fingerprint density at radius 2 is 2.36 bits per heavy atom. The Hall–Kier alpha value is -0.740. The van der Waals surface area contributed by atoms with Crippen molar-refractivity contribution < 1.29 is 0 Å². The maximum atomic E-state index is 4.18. The Morgan fingerprint density at radius 3 is 3.00 bits per heavy atom. The van der Waals surface area contributed by atoms with E-state index in [0.717, 1.165) is 17.1 Å². The summed E-state index contributed by atoms with van der Waals surface area (Å²) >= 11 is 3.30. The molecule has 0 amide bonds. The van der Waals surface area contributed by atoms with Gasteiger partial charge in [0.25, 0.3) is 0 Å². The average Bonchev–Trinajstić information content (AvgIpc) is 2.60. The van der Waals surface area contributed by atoms with Gasteiger partial charge in [-0.05, 0) is 0 Å². The smallest absolute Gasteiger partial charge is 0.0984 e. The van der Waals surface area contributed by atoms with Crippen molar-refractivity contribution in [3.8, 4) is 0 Å². The fourth-order valence-corrected chi connectivity index (χ4v) is 2.01. The number of nitrogens with zero attached hydrogens (tertiary/aromatic N) is 2. The molecule has 0 aliphatic carbocycles. The van der Waals surface area contributed by atoms with Gasteiger partial charge in [0.05, 0.1) is 16.2 Å². The van der Waals surface area contributed by atoms with Crippen molar-refractivity contribution in [1.29, 1.82) is 0 Å². The van der Waals surface area contributed by atoms with Crippen molar-refractivity contribution >= 4 is 22.7 Å². The molecule has 2 heterocycles. The summed E-state index contributed by atoms with van der Waals surface area (Å²) in [6, 6.07) is 0. The van der Waals surface area contributed by atoms with Crippen LogP contribution in [0.3, 0.4) is 0 Å². The van der Waals surface area contributed by atoms with Crippen molar-refractivity contribution in [1.82, 2.24) is 9.97 Å². The van der Waals surface area contributed by atoms with Gasteiger partial charge >= 0.3 is 0 Å². The zero-order chi connectivity index (χ0) is 7.52. The van der Waals surface area contributed by atoms with E-state index in [4.69, 9.17) is 0 Å². The van der Waals surface area contributed by atoms with Crippen LogP contribution in [0.15, 0.2) is 22.5 Å². The summed E-state index contributed by atoms with van der Waals surface area (Å²) < 4.78 is 0. The highest BCUT2D eigenvalue weighted by Crippen LogP contribution is 2.11. The summed E-state index contributed by atoms with van der Waals surface area (Å²) in [6.07, 6.45) is 2.70. The van der Waals surface area contributed by atoms with Gasteiger partial charge in [0.15, 0.2) is 0 Å². The highest BCUT2D eigenvalue weighted by atomic mass is 32.1. The molecular weight excluding hydrogens is 176 g/mol. The molecule has 0 saturated heterocycles. The quantitative estimate of drug-likeness (QED) is 0.711. The number of hydrogen-bond donors (Lipinski definition) is 0. The Kier molecular flexibility index (Phi) is 1.96. The van der Waals surface area contributed by atoms with Crippen LogP contribution in [0.4, 0.5) is 0 Å².